The third-order valence-electron chi connectivity index (χ3n) is 2.35. The molecule has 1 N–H and O–H groups in total. The van der Waals surface area contributed by atoms with Crippen LogP contribution in [0, 0.1) is 10.1 Å². The highest BCUT2D eigenvalue weighted by Gasteiger charge is 2.16. The summed E-state index contributed by atoms with van der Waals surface area (Å²) in [6, 6.07) is 5.92. The van der Waals surface area contributed by atoms with Crippen LogP contribution in [0.4, 0.5) is 5.69 Å². The molecule has 0 amide bonds. The van der Waals surface area contributed by atoms with E-state index in [1.165, 1.54) is 24.4 Å². The van der Waals surface area contributed by atoms with E-state index in [1.807, 2.05) is 0 Å². The van der Waals surface area contributed by atoms with Gasteiger partial charge in [0.1, 0.15) is 6.20 Å². The summed E-state index contributed by atoms with van der Waals surface area (Å²) in [4.78, 5) is 25.9. The molecule has 0 atom stereocenters. The Kier molecular flexibility index (Phi) is 4.21. The molecule has 0 unspecified atom stereocenters. The first kappa shape index (κ1) is 14.3. The van der Waals surface area contributed by atoms with Crippen LogP contribution < -0.4 is 0 Å². The maximum absolute atomic E-state index is 11.0. The maximum Gasteiger partial charge on any atom is 0.337 e. The second-order valence-corrected chi connectivity index (χ2v) is 5.17. The number of benzene rings is 1. The molecule has 20 heavy (non-hydrogen) atoms. The van der Waals surface area contributed by atoms with Crippen LogP contribution in [-0.4, -0.2) is 21.0 Å². The van der Waals surface area contributed by atoms with Crippen LogP contribution >= 0.6 is 23.4 Å². The van der Waals surface area contributed by atoms with E-state index in [9.17, 15) is 14.9 Å². The van der Waals surface area contributed by atoms with E-state index in [1.54, 1.807) is 6.07 Å². The molecule has 0 fully saturated rings. The zero-order chi connectivity index (χ0) is 14.7. The average Bonchev–Trinajstić information content (AvgIpc) is 2.41. The van der Waals surface area contributed by atoms with Crippen LogP contribution in [0.15, 0.2) is 46.5 Å². The van der Waals surface area contributed by atoms with Gasteiger partial charge in [0.2, 0.25) is 0 Å². The molecule has 0 saturated carbocycles. The number of carboxylic acids is 1. The summed E-state index contributed by atoms with van der Waals surface area (Å²) in [5.41, 5.74) is -0.183. The summed E-state index contributed by atoms with van der Waals surface area (Å²) in [5.74, 6) is -1.15. The molecule has 0 saturated heterocycles. The molecule has 0 bridgehead atoms. The standard InChI is InChI=1S/C12H7ClN2O4S/c13-9-2-1-7(5-8(9)12(16)17)20-11-3-4-14-6-10(11)15(18)19/h1-6H,(H,16,17). The van der Waals surface area contributed by atoms with Crippen molar-refractivity contribution in [1.29, 1.82) is 0 Å². The second kappa shape index (κ2) is 5.89. The zero-order valence-corrected chi connectivity index (χ0v) is 11.4. The Morgan fingerprint density at radius 3 is 2.80 bits per heavy atom. The van der Waals surface area contributed by atoms with Crippen molar-refractivity contribution in [2.75, 3.05) is 0 Å². The number of carboxylic acid groups (broad SMARTS) is 1. The van der Waals surface area contributed by atoms with Gasteiger partial charge in [-0.25, -0.2) is 4.79 Å². The molecule has 1 aromatic heterocycles. The smallest absolute Gasteiger partial charge is 0.337 e. The molecule has 0 aliphatic heterocycles. The molecular weight excluding hydrogens is 304 g/mol. The summed E-state index contributed by atoms with van der Waals surface area (Å²) >= 11 is 6.85. The first-order chi connectivity index (χ1) is 9.49. The van der Waals surface area contributed by atoms with E-state index in [0.717, 1.165) is 18.0 Å². The van der Waals surface area contributed by atoms with Gasteiger partial charge in [-0.05, 0) is 24.3 Å². The minimum Gasteiger partial charge on any atom is -0.478 e. The van der Waals surface area contributed by atoms with Crippen LogP contribution in [0.1, 0.15) is 10.4 Å². The van der Waals surface area contributed by atoms with Crippen molar-refractivity contribution in [2.45, 2.75) is 9.79 Å². The lowest BCUT2D eigenvalue weighted by molar-refractivity contribution is -0.388. The molecule has 0 spiro atoms. The minimum absolute atomic E-state index is 0.0478. The molecule has 2 aromatic rings. The Labute approximate surface area is 122 Å². The van der Waals surface area contributed by atoms with Crippen molar-refractivity contribution >= 4 is 35.0 Å². The van der Waals surface area contributed by atoms with Gasteiger partial charge in [-0.15, -0.1) is 0 Å². The van der Waals surface area contributed by atoms with Gasteiger partial charge in [-0.1, -0.05) is 23.4 Å². The molecule has 0 aliphatic rings. The van der Waals surface area contributed by atoms with Gasteiger partial charge in [0.25, 0.3) is 0 Å². The number of hydrogen-bond acceptors (Lipinski definition) is 5. The summed E-state index contributed by atoms with van der Waals surface area (Å²) in [6.07, 6.45) is 2.58. The summed E-state index contributed by atoms with van der Waals surface area (Å²) in [5, 5.41) is 20.0. The molecule has 0 radical (unpaired) electrons. The van der Waals surface area contributed by atoms with Crippen LogP contribution in [0.5, 0.6) is 0 Å². The zero-order valence-electron chi connectivity index (χ0n) is 9.82. The fourth-order valence-electron chi connectivity index (χ4n) is 1.46. The summed E-state index contributed by atoms with van der Waals surface area (Å²) in [7, 11) is 0. The number of halogens is 1. The van der Waals surface area contributed by atoms with Gasteiger partial charge in [-0.2, -0.15) is 0 Å². The molecule has 2 rings (SSSR count). The van der Waals surface area contributed by atoms with Crippen molar-refractivity contribution in [3.05, 3.63) is 57.4 Å². The van der Waals surface area contributed by atoms with Gasteiger partial charge in [-0.3, -0.25) is 15.1 Å². The van der Waals surface area contributed by atoms with Crippen LogP contribution in [0.3, 0.4) is 0 Å². The molecule has 0 aliphatic carbocycles. The third-order valence-corrected chi connectivity index (χ3v) is 3.74. The monoisotopic (exact) mass is 310 g/mol. The Morgan fingerprint density at radius 1 is 1.40 bits per heavy atom. The van der Waals surface area contributed by atoms with Crippen molar-refractivity contribution in [1.82, 2.24) is 4.98 Å². The van der Waals surface area contributed by atoms with Crippen molar-refractivity contribution in [3.63, 3.8) is 0 Å². The van der Waals surface area contributed by atoms with E-state index in [4.69, 9.17) is 16.7 Å². The van der Waals surface area contributed by atoms with Crippen molar-refractivity contribution in [2.24, 2.45) is 0 Å². The average molecular weight is 311 g/mol. The number of pyridine rings is 1. The number of carbonyl (C=O) groups is 1. The van der Waals surface area contributed by atoms with Gasteiger partial charge in [0.15, 0.2) is 0 Å². The molecule has 8 heteroatoms. The maximum atomic E-state index is 11.0. The SMILES string of the molecule is O=C(O)c1cc(Sc2ccncc2[N+](=O)[O-])ccc1Cl. The van der Waals surface area contributed by atoms with Crippen molar-refractivity contribution < 1.29 is 14.8 Å². The van der Waals surface area contributed by atoms with Crippen LogP contribution in [-0.2, 0) is 0 Å². The number of aromatic carboxylic acids is 1. The third kappa shape index (κ3) is 3.06. The van der Waals surface area contributed by atoms with Gasteiger partial charge < -0.3 is 5.11 Å². The van der Waals surface area contributed by atoms with Gasteiger partial charge in [0, 0.05) is 11.1 Å². The number of nitro groups is 1. The van der Waals surface area contributed by atoms with E-state index in [2.05, 4.69) is 4.98 Å². The van der Waals surface area contributed by atoms with E-state index >= 15 is 0 Å². The largest absolute Gasteiger partial charge is 0.478 e. The van der Waals surface area contributed by atoms with Crippen LogP contribution in [0.2, 0.25) is 5.02 Å². The quantitative estimate of drug-likeness (QED) is 0.686. The van der Waals surface area contributed by atoms with Gasteiger partial charge in [0.05, 0.1) is 20.4 Å². The number of nitrogens with zero attached hydrogens (tertiary/aromatic N) is 2. The molecular formula is C12H7ClN2O4S. The lowest BCUT2D eigenvalue weighted by Crippen LogP contribution is -1.97. The lowest BCUT2D eigenvalue weighted by atomic mass is 10.2. The molecule has 1 aromatic carbocycles. The second-order valence-electron chi connectivity index (χ2n) is 3.65. The number of hydrogen-bond donors (Lipinski definition) is 1. The van der Waals surface area contributed by atoms with Crippen molar-refractivity contribution in [3.8, 4) is 0 Å². The normalized spacial score (nSPS) is 10.2. The highest BCUT2D eigenvalue weighted by Crippen LogP contribution is 2.35. The van der Waals surface area contributed by atoms with E-state index in [0.29, 0.717) is 9.79 Å². The Bertz CT molecular complexity index is 693. The molecule has 1 heterocycles. The lowest BCUT2D eigenvalue weighted by Gasteiger charge is -2.05. The molecule has 6 nitrogen and oxygen atoms in total. The predicted molar refractivity (Wildman–Crippen MR) is 73.4 cm³/mol. The Hall–Kier alpha value is -2.12. The fourth-order valence-corrected chi connectivity index (χ4v) is 2.58. The predicted octanol–water partition coefficient (Wildman–Crippen LogP) is 3.49. The Balaban J connectivity index is 2.38. The summed E-state index contributed by atoms with van der Waals surface area (Å²) < 4.78 is 0. The first-order valence-electron chi connectivity index (χ1n) is 5.28. The highest BCUT2D eigenvalue weighted by molar-refractivity contribution is 7.99. The van der Waals surface area contributed by atoms with E-state index < -0.39 is 10.9 Å². The fraction of sp³-hybridized carbons (Fsp3) is 0. The highest BCUT2D eigenvalue weighted by atomic mass is 35.5. The van der Waals surface area contributed by atoms with Crippen LogP contribution in [0.25, 0.3) is 0 Å². The first-order valence-corrected chi connectivity index (χ1v) is 6.47. The Morgan fingerprint density at radius 2 is 2.15 bits per heavy atom. The number of aromatic nitrogens is 1. The minimum atomic E-state index is -1.15. The van der Waals surface area contributed by atoms with E-state index in [-0.39, 0.29) is 16.3 Å². The summed E-state index contributed by atoms with van der Waals surface area (Å²) in [6.45, 7) is 0. The molecule has 102 valence electrons. The topological polar surface area (TPSA) is 93.3 Å². The number of rotatable bonds is 4. The van der Waals surface area contributed by atoms with Gasteiger partial charge >= 0.3 is 11.7 Å².